The van der Waals surface area contributed by atoms with Crippen molar-refractivity contribution in [3.8, 4) is 28.8 Å². The second kappa shape index (κ2) is 7.03. The molecule has 0 fully saturated rings. The number of aromatic hydroxyl groups is 2. The van der Waals surface area contributed by atoms with Gasteiger partial charge in [0.05, 0.1) is 18.4 Å². The molecule has 5 nitrogen and oxygen atoms in total. The van der Waals surface area contributed by atoms with Crippen LogP contribution in [0.1, 0.15) is 0 Å². The van der Waals surface area contributed by atoms with Crippen molar-refractivity contribution < 1.29 is 14.9 Å². The Bertz CT molecular complexity index is 808. The van der Waals surface area contributed by atoms with E-state index < -0.39 is 0 Å². The van der Waals surface area contributed by atoms with Crippen LogP contribution in [0.4, 0.5) is 0 Å². The van der Waals surface area contributed by atoms with E-state index in [1.165, 1.54) is 16.7 Å². The van der Waals surface area contributed by atoms with Crippen LogP contribution in [0.2, 0.25) is 10.0 Å². The van der Waals surface area contributed by atoms with Gasteiger partial charge in [-0.05, 0) is 30.3 Å². The van der Waals surface area contributed by atoms with E-state index in [1.807, 2.05) is 6.07 Å². The minimum absolute atomic E-state index is 0.0117. The maximum Gasteiger partial charge on any atom is 0.193 e. The zero-order valence-corrected chi connectivity index (χ0v) is 14.0. The topological polar surface area (TPSA) is 67.5 Å². The third-order valence-corrected chi connectivity index (χ3v) is 3.85. The zero-order chi connectivity index (χ0) is 17.1. The normalized spacial score (nSPS) is 10.8. The number of benzene rings is 1. The van der Waals surface area contributed by atoms with Crippen molar-refractivity contribution in [3.05, 3.63) is 58.7 Å². The van der Waals surface area contributed by atoms with Crippen molar-refractivity contribution in [2.24, 2.45) is 0 Å². The fourth-order valence-corrected chi connectivity index (χ4v) is 2.79. The largest absolute Gasteiger partial charge is 0.494 e. The second-order valence-electron chi connectivity index (χ2n) is 5.09. The van der Waals surface area contributed by atoms with Crippen molar-refractivity contribution in [3.63, 3.8) is 0 Å². The monoisotopic (exact) mass is 364 g/mol. The number of rotatable bonds is 5. The number of nitrogens with zero attached hydrogens (tertiary/aromatic N) is 2. The van der Waals surface area contributed by atoms with Gasteiger partial charge in [-0.3, -0.25) is 9.55 Å². The molecule has 0 unspecified atom stereocenters. The molecule has 0 radical (unpaired) electrons. The van der Waals surface area contributed by atoms with Crippen LogP contribution in [-0.4, -0.2) is 26.4 Å². The predicted octanol–water partition coefficient (Wildman–Crippen LogP) is 4.35. The highest BCUT2D eigenvalue weighted by atomic mass is 35.5. The summed E-state index contributed by atoms with van der Waals surface area (Å²) in [5.41, 5.74) is 1.55. The Balaban J connectivity index is 1.64. The average Bonchev–Trinajstić information content (AvgIpc) is 2.86. The summed E-state index contributed by atoms with van der Waals surface area (Å²) < 4.78 is 6.91. The number of hydrogen-bond donors (Lipinski definition) is 2. The first kappa shape index (κ1) is 16.5. The van der Waals surface area contributed by atoms with Gasteiger partial charge in [-0.25, -0.2) is 0 Å². The van der Waals surface area contributed by atoms with Gasteiger partial charge in [0.1, 0.15) is 12.4 Å². The molecule has 0 aliphatic rings. The van der Waals surface area contributed by atoms with Crippen LogP contribution in [0.5, 0.6) is 17.5 Å². The van der Waals surface area contributed by atoms with E-state index in [-0.39, 0.29) is 18.4 Å². The van der Waals surface area contributed by atoms with Gasteiger partial charge in [0.2, 0.25) is 0 Å². The van der Waals surface area contributed by atoms with Gasteiger partial charge < -0.3 is 14.9 Å². The highest BCUT2D eigenvalue weighted by Crippen LogP contribution is 2.27. The average molecular weight is 365 g/mol. The van der Waals surface area contributed by atoms with Crippen LogP contribution in [0.25, 0.3) is 11.3 Å². The van der Waals surface area contributed by atoms with Gasteiger partial charge in [-0.2, -0.15) is 0 Å². The summed E-state index contributed by atoms with van der Waals surface area (Å²) in [4.78, 5) is 4.33. The van der Waals surface area contributed by atoms with Crippen LogP contribution < -0.4 is 4.74 Å². The second-order valence-corrected chi connectivity index (χ2v) is 5.96. The van der Waals surface area contributed by atoms with E-state index >= 15 is 0 Å². The molecule has 3 rings (SSSR count). The maximum absolute atomic E-state index is 9.55. The van der Waals surface area contributed by atoms with Crippen molar-refractivity contribution >= 4 is 23.2 Å². The fraction of sp³-hybridized carbons (Fsp3) is 0.118. The van der Waals surface area contributed by atoms with Crippen LogP contribution >= 0.6 is 23.2 Å². The standard InChI is InChI=1S/C17H14Cl2N2O3/c18-12-7-11(8-13(19)9-12)15-2-1-14(10-20-15)24-6-5-21-16(22)3-4-17(21)23/h1-4,7-10,22-23H,5-6H2. The Morgan fingerprint density at radius 2 is 1.62 bits per heavy atom. The summed E-state index contributed by atoms with van der Waals surface area (Å²) in [6.07, 6.45) is 1.60. The molecule has 0 amide bonds. The molecule has 124 valence electrons. The molecule has 0 atom stereocenters. The quantitative estimate of drug-likeness (QED) is 0.706. The Morgan fingerprint density at radius 3 is 2.21 bits per heavy atom. The molecule has 0 aliphatic carbocycles. The molecule has 2 N–H and O–H groups in total. The van der Waals surface area contributed by atoms with Crippen molar-refractivity contribution in [1.29, 1.82) is 0 Å². The molecule has 3 aromatic rings. The summed E-state index contributed by atoms with van der Waals surface area (Å²) in [6, 6.07) is 11.7. The number of ether oxygens (including phenoxy) is 1. The van der Waals surface area contributed by atoms with Gasteiger partial charge in [0, 0.05) is 27.7 Å². The smallest absolute Gasteiger partial charge is 0.193 e. The van der Waals surface area contributed by atoms with Crippen molar-refractivity contribution in [2.45, 2.75) is 6.54 Å². The summed E-state index contributed by atoms with van der Waals surface area (Å²) >= 11 is 12.0. The van der Waals surface area contributed by atoms with Gasteiger partial charge in [0.15, 0.2) is 11.8 Å². The van der Waals surface area contributed by atoms with Crippen LogP contribution in [-0.2, 0) is 6.54 Å². The highest BCUT2D eigenvalue weighted by Gasteiger charge is 2.06. The third kappa shape index (κ3) is 3.75. The Labute approximate surface area is 148 Å². The lowest BCUT2D eigenvalue weighted by Gasteiger charge is -2.09. The first-order valence-corrected chi connectivity index (χ1v) is 7.91. The number of hydrogen-bond acceptors (Lipinski definition) is 4. The molecule has 2 aromatic heterocycles. The lowest BCUT2D eigenvalue weighted by atomic mass is 10.1. The van der Waals surface area contributed by atoms with Gasteiger partial charge in [0.25, 0.3) is 0 Å². The van der Waals surface area contributed by atoms with Crippen molar-refractivity contribution in [2.75, 3.05) is 6.61 Å². The summed E-state index contributed by atoms with van der Waals surface area (Å²) in [7, 11) is 0. The van der Waals surface area contributed by atoms with Gasteiger partial charge >= 0.3 is 0 Å². The van der Waals surface area contributed by atoms with Crippen LogP contribution in [0.3, 0.4) is 0 Å². The van der Waals surface area contributed by atoms with E-state index in [0.717, 1.165) is 11.3 Å². The number of aromatic nitrogens is 2. The predicted molar refractivity (Wildman–Crippen MR) is 92.9 cm³/mol. The zero-order valence-electron chi connectivity index (χ0n) is 12.5. The van der Waals surface area contributed by atoms with Crippen LogP contribution in [0, 0.1) is 0 Å². The number of halogens is 2. The summed E-state index contributed by atoms with van der Waals surface area (Å²) in [6.45, 7) is 0.593. The van der Waals surface area contributed by atoms with Gasteiger partial charge in [-0.15, -0.1) is 0 Å². The van der Waals surface area contributed by atoms with E-state index in [1.54, 1.807) is 30.5 Å². The molecule has 24 heavy (non-hydrogen) atoms. The lowest BCUT2D eigenvalue weighted by Crippen LogP contribution is -2.07. The summed E-state index contributed by atoms with van der Waals surface area (Å²) in [5, 5.41) is 20.2. The maximum atomic E-state index is 9.55. The molecule has 0 saturated heterocycles. The Hall–Kier alpha value is -2.37. The Morgan fingerprint density at radius 1 is 0.958 bits per heavy atom. The van der Waals surface area contributed by atoms with Crippen molar-refractivity contribution in [1.82, 2.24) is 9.55 Å². The minimum atomic E-state index is -0.0117. The number of pyridine rings is 1. The van der Waals surface area contributed by atoms with E-state index in [2.05, 4.69) is 4.98 Å². The molecular weight excluding hydrogens is 351 g/mol. The highest BCUT2D eigenvalue weighted by molar-refractivity contribution is 6.35. The van der Waals surface area contributed by atoms with E-state index in [4.69, 9.17) is 27.9 Å². The van der Waals surface area contributed by atoms with E-state index in [0.29, 0.717) is 22.3 Å². The first-order chi connectivity index (χ1) is 11.5. The fourth-order valence-electron chi connectivity index (χ4n) is 2.27. The molecule has 2 heterocycles. The molecule has 0 saturated carbocycles. The van der Waals surface area contributed by atoms with Crippen LogP contribution in [0.15, 0.2) is 48.7 Å². The first-order valence-electron chi connectivity index (χ1n) is 7.16. The summed E-state index contributed by atoms with van der Waals surface area (Å²) in [5.74, 6) is 0.558. The molecule has 0 spiro atoms. The molecule has 0 bridgehead atoms. The lowest BCUT2D eigenvalue weighted by molar-refractivity contribution is 0.274. The molecule has 1 aromatic carbocycles. The molecule has 0 aliphatic heterocycles. The van der Waals surface area contributed by atoms with Gasteiger partial charge in [-0.1, -0.05) is 23.2 Å². The molecular formula is C17H14Cl2N2O3. The SMILES string of the molecule is Oc1ccc(O)n1CCOc1ccc(-c2cc(Cl)cc(Cl)c2)nc1. The molecule has 7 heteroatoms. The third-order valence-electron chi connectivity index (χ3n) is 3.41. The van der Waals surface area contributed by atoms with E-state index in [9.17, 15) is 10.2 Å². The minimum Gasteiger partial charge on any atom is -0.494 e. The Kier molecular flexibility index (Phi) is 4.83.